The van der Waals surface area contributed by atoms with Gasteiger partial charge in [0.25, 0.3) is 0 Å². The van der Waals surface area contributed by atoms with Gasteiger partial charge in [-0.15, -0.1) is 0 Å². The fourth-order valence-electron chi connectivity index (χ4n) is 7.10. The van der Waals surface area contributed by atoms with Crippen LogP contribution in [0.4, 0.5) is 0 Å². The van der Waals surface area contributed by atoms with Gasteiger partial charge in [0.2, 0.25) is 5.91 Å². The van der Waals surface area contributed by atoms with Crippen LogP contribution in [0.3, 0.4) is 0 Å². The predicted octanol–water partition coefficient (Wildman–Crippen LogP) is 1.06. The van der Waals surface area contributed by atoms with Crippen LogP contribution in [0.1, 0.15) is 63.0 Å². The fourth-order valence-corrected chi connectivity index (χ4v) is 7.10. The van der Waals surface area contributed by atoms with Crippen molar-refractivity contribution < 1.29 is 24.3 Å². The SMILES string of the molecule is COc1ccc(-c2cc([C@H]3C[NH+]4CC[C@H]3C[C@@H]4CNC(=O)CC3(CC(=O)[O-])CCCC3)n(C)n2)cc1. The van der Waals surface area contributed by atoms with Crippen molar-refractivity contribution in [2.45, 2.75) is 63.3 Å². The molecule has 4 aliphatic rings. The molecule has 1 aromatic heterocycles. The normalized spacial score (nSPS) is 26.6. The molecule has 1 unspecified atom stereocenters. The summed E-state index contributed by atoms with van der Waals surface area (Å²) < 4.78 is 7.32. The molecule has 1 aromatic carbocycles. The fraction of sp³-hybridized carbons (Fsp3) is 0.607. The number of rotatable bonds is 9. The molecule has 3 saturated heterocycles. The van der Waals surface area contributed by atoms with Crippen molar-refractivity contribution in [1.82, 2.24) is 15.1 Å². The van der Waals surface area contributed by atoms with E-state index in [1.807, 2.05) is 36.0 Å². The number of hydrogen-bond donors (Lipinski definition) is 2. The van der Waals surface area contributed by atoms with E-state index in [0.29, 0.717) is 30.8 Å². The Kier molecular flexibility index (Phi) is 7.06. The Morgan fingerprint density at radius 2 is 1.97 bits per heavy atom. The number of benzene rings is 1. The van der Waals surface area contributed by atoms with E-state index in [-0.39, 0.29) is 12.3 Å². The molecule has 1 amide bonds. The highest BCUT2D eigenvalue weighted by atomic mass is 16.5. The number of fused-ring (bicyclic) bond motifs is 3. The van der Waals surface area contributed by atoms with Gasteiger partial charge < -0.3 is 24.9 Å². The summed E-state index contributed by atoms with van der Waals surface area (Å²) in [6.07, 6.45) is 6.20. The number of aryl methyl sites for hydroxylation is 1. The van der Waals surface area contributed by atoms with Crippen LogP contribution >= 0.6 is 0 Å². The molecule has 2 aromatic rings. The molecule has 2 bridgehead atoms. The molecule has 4 atom stereocenters. The molecule has 4 heterocycles. The standard InChI is InChI=1S/C28H38N4O4/c1-31-25(14-24(30-31)19-5-7-22(36-2)8-6-19)23-18-32-12-9-20(23)13-21(32)17-29-26(33)15-28(16-27(34)35)10-3-4-11-28/h5-8,14,20-21,23H,3-4,9-13,15-18H2,1-2H3,(H,29,33)(H,34,35)/t20-,21+,23-/m0/s1. The third-order valence-electron chi connectivity index (χ3n) is 9.00. The molecule has 8 heteroatoms. The lowest BCUT2D eigenvalue weighted by atomic mass is 9.74. The van der Waals surface area contributed by atoms with Crippen molar-refractivity contribution in [1.29, 1.82) is 0 Å². The van der Waals surface area contributed by atoms with Gasteiger partial charge in [-0.25, -0.2) is 0 Å². The predicted molar refractivity (Wildman–Crippen MR) is 133 cm³/mol. The third kappa shape index (κ3) is 5.14. The van der Waals surface area contributed by atoms with Gasteiger partial charge in [0.05, 0.1) is 38.4 Å². The number of carboxylic acid groups (broad SMARTS) is 1. The zero-order chi connectivity index (χ0) is 25.3. The first-order chi connectivity index (χ1) is 17.4. The van der Waals surface area contributed by atoms with Crippen LogP contribution in [0.2, 0.25) is 0 Å². The minimum absolute atomic E-state index is 0.00576. The molecule has 8 nitrogen and oxygen atoms in total. The number of carbonyl (C=O) groups is 2. The van der Waals surface area contributed by atoms with Crippen molar-refractivity contribution in [3.05, 3.63) is 36.0 Å². The van der Waals surface area contributed by atoms with Crippen molar-refractivity contribution >= 4 is 11.9 Å². The monoisotopic (exact) mass is 494 g/mol. The van der Waals surface area contributed by atoms with Gasteiger partial charge in [0.15, 0.2) is 0 Å². The number of carbonyl (C=O) groups excluding carboxylic acids is 2. The van der Waals surface area contributed by atoms with E-state index in [1.165, 1.54) is 12.1 Å². The molecule has 0 spiro atoms. The number of quaternary nitrogens is 1. The van der Waals surface area contributed by atoms with E-state index in [4.69, 9.17) is 9.84 Å². The number of nitrogens with zero attached hydrogens (tertiary/aromatic N) is 2. The number of carboxylic acids is 1. The van der Waals surface area contributed by atoms with Crippen LogP contribution in [0.25, 0.3) is 11.3 Å². The maximum Gasteiger partial charge on any atom is 0.220 e. The molecule has 36 heavy (non-hydrogen) atoms. The van der Waals surface area contributed by atoms with Crippen molar-refractivity contribution in [3.8, 4) is 17.0 Å². The van der Waals surface area contributed by atoms with Crippen molar-refractivity contribution in [2.75, 3.05) is 26.7 Å². The second kappa shape index (κ2) is 10.2. The number of ether oxygens (including phenoxy) is 1. The number of amides is 1. The Morgan fingerprint density at radius 3 is 2.61 bits per heavy atom. The van der Waals surface area contributed by atoms with Crippen molar-refractivity contribution in [2.24, 2.45) is 18.4 Å². The summed E-state index contributed by atoms with van der Waals surface area (Å²) in [7, 11) is 3.71. The summed E-state index contributed by atoms with van der Waals surface area (Å²) in [6.45, 7) is 2.86. The van der Waals surface area contributed by atoms with E-state index >= 15 is 0 Å². The molecule has 2 N–H and O–H groups in total. The Bertz CT molecular complexity index is 1090. The number of aromatic nitrogens is 2. The van der Waals surface area contributed by atoms with Gasteiger partial charge in [-0.1, -0.05) is 12.8 Å². The number of methoxy groups -OCH3 is 1. The van der Waals surface area contributed by atoms with E-state index < -0.39 is 11.4 Å². The Balaban J connectivity index is 1.19. The summed E-state index contributed by atoms with van der Waals surface area (Å²) in [4.78, 5) is 25.6. The van der Waals surface area contributed by atoms with Gasteiger partial charge in [0.1, 0.15) is 11.8 Å². The second-order valence-electron chi connectivity index (χ2n) is 11.2. The Hall–Kier alpha value is -2.87. The topological polar surface area (TPSA) is 101 Å². The van der Waals surface area contributed by atoms with E-state index in [2.05, 4.69) is 11.4 Å². The van der Waals surface area contributed by atoms with Crippen LogP contribution < -0.4 is 20.1 Å². The zero-order valence-corrected chi connectivity index (χ0v) is 21.4. The van der Waals surface area contributed by atoms with Crippen LogP contribution in [-0.2, 0) is 16.6 Å². The van der Waals surface area contributed by atoms with Gasteiger partial charge in [-0.05, 0) is 60.9 Å². The first-order valence-electron chi connectivity index (χ1n) is 13.4. The highest BCUT2D eigenvalue weighted by Gasteiger charge is 2.45. The summed E-state index contributed by atoms with van der Waals surface area (Å²) in [5.74, 6) is 0.845. The zero-order valence-electron chi connectivity index (χ0n) is 21.4. The van der Waals surface area contributed by atoms with Gasteiger partial charge >= 0.3 is 0 Å². The largest absolute Gasteiger partial charge is 0.550 e. The van der Waals surface area contributed by atoms with E-state index in [9.17, 15) is 14.7 Å². The average Bonchev–Trinajstić information content (AvgIpc) is 3.49. The summed E-state index contributed by atoms with van der Waals surface area (Å²) in [5, 5.41) is 19.2. The van der Waals surface area contributed by atoms with E-state index in [1.54, 1.807) is 12.0 Å². The van der Waals surface area contributed by atoms with Crippen molar-refractivity contribution in [3.63, 3.8) is 0 Å². The van der Waals surface area contributed by atoms with Crippen LogP contribution in [0.15, 0.2) is 30.3 Å². The summed E-state index contributed by atoms with van der Waals surface area (Å²) >= 11 is 0. The second-order valence-corrected chi connectivity index (χ2v) is 11.2. The quantitative estimate of drug-likeness (QED) is 0.543. The summed E-state index contributed by atoms with van der Waals surface area (Å²) in [5.41, 5.74) is 2.96. The van der Waals surface area contributed by atoms with Crippen LogP contribution in [-0.4, -0.2) is 54.4 Å². The molecule has 6 rings (SSSR count). The van der Waals surface area contributed by atoms with Crippen LogP contribution in [0.5, 0.6) is 5.75 Å². The van der Waals surface area contributed by atoms with Crippen LogP contribution in [0, 0.1) is 11.3 Å². The third-order valence-corrected chi connectivity index (χ3v) is 9.00. The highest BCUT2D eigenvalue weighted by molar-refractivity contribution is 5.78. The van der Waals surface area contributed by atoms with Gasteiger partial charge in [-0.3, -0.25) is 9.48 Å². The number of hydrogen-bond acceptors (Lipinski definition) is 5. The number of piperidine rings is 3. The molecular weight excluding hydrogens is 456 g/mol. The maximum atomic E-state index is 12.8. The average molecular weight is 495 g/mol. The number of nitrogens with one attached hydrogen (secondary N) is 2. The number of aliphatic carboxylic acids is 1. The lowest BCUT2D eigenvalue weighted by Gasteiger charge is -2.47. The van der Waals surface area contributed by atoms with Gasteiger partial charge in [0, 0.05) is 43.5 Å². The lowest BCUT2D eigenvalue weighted by molar-refractivity contribution is -0.942. The van der Waals surface area contributed by atoms with E-state index in [0.717, 1.165) is 62.2 Å². The molecule has 1 saturated carbocycles. The first kappa shape index (κ1) is 24.8. The molecule has 4 fully saturated rings. The molecule has 194 valence electrons. The minimum Gasteiger partial charge on any atom is -0.550 e. The Labute approximate surface area is 213 Å². The molecular formula is C28H38N4O4. The minimum atomic E-state index is -1.04. The highest BCUT2D eigenvalue weighted by Crippen LogP contribution is 2.44. The first-order valence-corrected chi connectivity index (χ1v) is 13.4. The maximum absolute atomic E-state index is 12.8. The lowest BCUT2D eigenvalue weighted by Crippen LogP contribution is -3.20. The summed E-state index contributed by atoms with van der Waals surface area (Å²) in [6, 6.07) is 10.7. The molecule has 1 aliphatic carbocycles. The van der Waals surface area contributed by atoms with Gasteiger partial charge in [-0.2, -0.15) is 5.10 Å². The molecule has 0 radical (unpaired) electrons. The molecule has 3 aliphatic heterocycles. The Morgan fingerprint density at radius 1 is 1.22 bits per heavy atom. The smallest absolute Gasteiger partial charge is 0.220 e.